The molecule has 0 amide bonds. The number of carboxylic acid groups (broad SMARTS) is 1. The van der Waals surface area contributed by atoms with Crippen LogP contribution in [0, 0.1) is 6.92 Å². The maximum Gasteiger partial charge on any atom is 0.339 e. The molecule has 0 unspecified atom stereocenters. The topological polar surface area (TPSA) is 88.9 Å². The van der Waals surface area contributed by atoms with Crippen molar-refractivity contribution in [3.63, 3.8) is 0 Å². The predicted molar refractivity (Wildman–Crippen MR) is 59.9 cm³/mol. The van der Waals surface area contributed by atoms with Crippen LogP contribution in [-0.4, -0.2) is 31.0 Å². The summed E-state index contributed by atoms with van der Waals surface area (Å²) in [6, 6.07) is 0. The zero-order valence-corrected chi connectivity index (χ0v) is 9.68. The Morgan fingerprint density at radius 2 is 2.12 bits per heavy atom. The highest BCUT2D eigenvalue weighted by molar-refractivity contribution is 7.99. The molecule has 0 aliphatic heterocycles. The van der Waals surface area contributed by atoms with Crippen LogP contribution < -0.4 is 0 Å². The van der Waals surface area contributed by atoms with Crippen LogP contribution in [0.4, 0.5) is 0 Å². The van der Waals surface area contributed by atoms with E-state index in [0.29, 0.717) is 15.9 Å². The molecule has 7 heteroatoms. The Balaban J connectivity index is 2.24. The van der Waals surface area contributed by atoms with Crippen LogP contribution in [0.2, 0.25) is 0 Å². The van der Waals surface area contributed by atoms with Gasteiger partial charge in [-0.25, -0.2) is 19.7 Å². The van der Waals surface area contributed by atoms with Gasteiger partial charge >= 0.3 is 5.97 Å². The molecule has 86 valence electrons. The summed E-state index contributed by atoms with van der Waals surface area (Å²) in [6.45, 7) is 1.63. The lowest BCUT2D eigenvalue weighted by molar-refractivity contribution is 0.0695. The van der Waals surface area contributed by atoms with E-state index in [2.05, 4.69) is 19.9 Å². The van der Waals surface area contributed by atoms with Gasteiger partial charge in [0, 0.05) is 18.6 Å². The zero-order valence-electron chi connectivity index (χ0n) is 8.86. The molecular formula is C10H8N4O2S. The Morgan fingerprint density at radius 1 is 1.29 bits per heavy atom. The van der Waals surface area contributed by atoms with Gasteiger partial charge in [-0.1, -0.05) is 0 Å². The van der Waals surface area contributed by atoms with Crippen LogP contribution in [0.3, 0.4) is 0 Å². The minimum atomic E-state index is -1.03. The summed E-state index contributed by atoms with van der Waals surface area (Å²) in [5.74, 6) is -1.03. The minimum Gasteiger partial charge on any atom is -0.478 e. The van der Waals surface area contributed by atoms with E-state index < -0.39 is 5.97 Å². The highest BCUT2D eigenvalue weighted by Gasteiger charge is 2.10. The van der Waals surface area contributed by atoms with E-state index in [1.807, 2.05) is 0 Å². The fourth-order valence-electron chi connectivity index (χ4n) is 1.14. The minimum absolute atomic E-state index is 0.105. The fourth-order valence-corrected chi connectivity index (χ4v) is 1.84. The second-order valence-electron chi connectivity index (χ2n) is 3.10. The standard InChI is InChI=1S/C10H8N4O2S/c1-6-7(9(15)16)4-13-10(14-6)17-8-5-11-2-3-12-8/h2-5H,1H3,(H,15,16). The molecule has 0 aliphatic rings. The number of carboxylic acids is 1. The molecule has 1 N–H and O–H groups in total. The van der Waals surface area contributed by atoms with Gasteiger partial charge in [-0.2, -0.15) is 0 Å². The Morgan fingerprint density at radius 3 is 2.71 bits per heavy atom. The first-order chi connectivity index (χ1) is 8.16. The van der Waals surface area contributed by atoms with Crippen molar-refractivity contribution < 1.29 is 9.90 Å². The molecule has 0 saturated heterocycles. The van der Waals surface area contributed by atoms with Gasteiger partial charge < -0.3 is 5.11 Å². The van der Waals surface area contributed by atoms with Crippen molar-refractivity contribution in [3.05, 3.63) is 36.0 Å². The van der Waals surface area contributed by atoms with Crippen molar-refractivity contribution in [3.8, 4) is 0 Å². The van der Waals surface area contributed by atoms with Crippen molar-refractivity contribution >= 4 is 17.7 Å². The monoisotopic (exact) mass is 248 g/mol. The van der Waals surface area contributed by atoms with Crippen molar-refractivity contribution in [2.75, 3.05) is 0 Å². The van der Waals surface area contributed by atoms with Gasteiger partial charge in [0.1, 0.15) is 5.03 Å². The van der Waals surface area contributed by atoms with Crippen molar-refractivity contribution in [2.45, 2.75) is 17.1 Å². The third kappa shape index (κ3) is 2.76. The molecule has 2 aromatic rings. The van der Waals surface area contributed by atoms with Crippen molar-refractivity contribution in [1.29, 1.82) is 0 Å². The highest BCUT2D eigenvalue weighted by Crippen LogP contribution is 2.21. The van der Waals surface area contributed by atoms with Crippen molar-refractivity contribution in [1.82, 2.24) is 19.9 Å². The average Bonchev–Trinajstić information content (AvgIpc) is 2.30. The molecule has 0 spiro atoms. The van der Waals surface area contributed by atoms with E-state index in [-0.39, 0.29) is 5.56 Å². The van der Waals surface area contributed by atoms with Crippen LogP contribution in [-0.2, 0) is 0 Å². The molecular weight excluding hydrogens is 240 g/mol. The first-order valence-electron chi connectivity index (χ1n) is 4.67. The first kappa shape index (κ1) is 11.5. The number of hydrogen-bond donors (Lipinski definition) is 1. The number of aryl methyl sites for hydroxylation is 1. The summed E-state index contributed by atoms with van der Waals surface area (Å²) in [6.07, 6.45) is 6.03. The summed E-state index contributed by atoms with van der Waals surface area (Å²) in [4.78, 5) is 26.8. The molecule has 0 aromatic carbocycles. The molecule has 2 rings (SSSR count). The Labute approximate surface area is 101 Å². The summed E-state index contributed by atoms with van der Waals surface area (Å²) in [5, 5.41) is 9.95. The maximum absolute atomic E-state index is 10.8. The zero-order chi connectivity index (χ0) is 12.3. The van der Waals surface area contributed by atoms with Gasteiger partial charge in [-0.15, -0.1) is 0 Å². The number of aromatic carboxylic acids is 1. The normalized spacial score (nSPS) is 10.2. The third-order valence-corrected chi connectivity index (χ3v) is 2.72. The molecule has 2 aromatic heterocycles. The number of hydrogen-bond acceptors (Lipinski definition) is 6. The second kappa shape index (κ2) is 4.88. The Kier molecular flexibility index (Phi) is 3.29. The molecule has 0 bridgehead atoms. The smallest absolute Gasteiger partial charge is 0.339 e. The SMILES string of the molecule is Cc1nc(Sc2cnccn2)ncc1C(=O)O. The molecule has 0 atom stereocenters. The second-order valence-corrected chi connectivity index (χ2v) is 4.09. The van der Waals surface area contributed by atoms with Crippen LogP contribution in [0.25, 0.3) is 0 Å². The highest BCUT2D eigenvalue weighted by atomic mass is 32.2. The van der Waals surface area contributed by atoms with Crippen LogP contribution >= 0.6 is 11.8 Å². The summed E-state index contributed by atoms with van der Waals surface area (Å²) in [7, 11) is 0. The molecule has 6 nitrogen and oxygen atoms in total. The molecule has 2 heterocycles. The lowest BCUT2D eigenvalue weighted by Gasteiger charge is -2.02. The lowest BCUT2D eigenvalue weighted by atomic mass is 10.2. The summed E-state index contributed by atoms with van der Waals surface area (Å²) >= 11 is 1.23. The number of rotatable bonds is 3. The van der Waals surface area contributed by atoms with Crippen LogP contribution in [0.5, 0.6) is 0 Å². The van der Waals surface area contributed by atoms with Gasteiger partial charge in [0.25, 0.3) is 0 Å². The summed E-state index contributed by atoms with van der Waals surface area (Å²) < 4.78 is 0. The summed E-state index contributed by atoms with van der Waals surface area (Å²) in [5.41, 5.74) is 0.535. The van der Waals surface area contributed by atoms with E-state index in [1.165, 1.54) is 18.0 Å². The van der Waals surface area contributed by atoms with E-state index in [4.69, 9.17) is 5.11 Å². The van der Waals surface area contributed by atoms with Gasteiger partial charge in [0.2, 0.25) is 0 Å². The molecule has 0 saturated carbocycles. The molecule has 0 radical (unpaired) electrons. The molecule has 17 heavy (non-hydrogen) atoms. The van der Waals surface area contributed by atoms with E-state index >= 15 is 0 Å². The fraction of sp³-hybridized carbons (Fsp3) is 0.100. The number of carbonyl (C=O) groups is 1. The largest absolute Gasteiger partial charge is 0.478 e. The van der Waals surface area contributed by atoms with E-state index in [9.17, 15) is 4.79 Å². The van der Waals surface area contributed by atoms with Gasteiger partial charge in [-0.05, 0) is 18.7 Å². The van der Waals surface area contributed by atoms with Gasteiger partial charge in [0.15, 0.2) is 5.16 Å². The van der Waals surface area contributed by atoms with Gasteiger partial charge in [-0.3, -0.25) is 4.98 Å². The Hall–Kier alpha value is -2.02. The number of aromatic nitrogens is 4. The number of nitrogens with zero attached hydrogens (tertiary/aromatic N) is 4. The third-order valence-electron chi connectivity index (χ3n) is 1.92. The van der Waals surface area contributed by atoms with Crippen LogP contribution in [0.15, 0.2) is 35.0 Å². The van der Waals surface area contributed by atoms with Gasteiger partial charge in [0.05, 0.1) is 17.5 Å². The molecule has 0 aliphatic carbocycles. The molecule has 0 fully saturated rings. The average molecular weight is 248 g/mol. The first-order valence-corrected chi connectivity index (χ1v) is 5.49. The Bertz CT molecular complexity index is 547. The van der Waals surface area contributed by atoms with Crippen LogP contribution in [0.1, 0.15) is 16.1 Å². The maximum atomic E-state index is 10.8. The van der Waals surface area contributed by atoms with Crippen molar-refractivity contribution in [2.24, 2.45) is 0 Å². The quantitative estimate of drug-likeness (QED) is 0.821. The van der Waals surface area contributed by atoms with E-state index in [0.717, 1.165) is 0 Å². The lowest BCUT2D eigenvalue weighted by Crippen LogP contribution is -2.03. The predicted octanol–water partition coefficient (Wildman–Crippen LogP) is 1.42. The van der Waals surface area contributed by atoms with E-state index in [1.54, 1.807) is 25.5 Å².